The largest absolute Gasteiger partial charge is 0.383 e. The van der Waals surface area contributed by atoms with Gasteiger partial charge in [-0.1, -0.05) is 13.8 Å². The van der Waals surface area contributed by atoms with E-state index in [1.54, 1.807) is 7.11 Å². The van der Waals surface area contributed by atoms with Gasteiger partial charge in [-0.2, -0.15) is 0 Å². The zero-order valence-electron chi connectivity index (χ0n) is 9.33. The Kier molecular flexibility index (Phi) is 5.71. The van der Waals surface area contributed by atoms with Crippen LogP contribution in [0.25, 0.3) is 0 Å². The van der Waals surface area contributed by atoms with Gasteiger partial charge in [0.05, 0.1) is 6.61 Å². The predicted molar refractivity (Wildman–Crippen MR) is 53.6 cm³/mol. The predicted octanol–water partition coefficient (Wildman–Crippen LogP) is 1.53. The zero-order valence-corrected chi connectivity index (χ0v) is 9.33. The second-order valence-electron chi connectivity index (χ2n) is 3.77. The molecule has 0 saturated carbocycles. The van der Waals surface area contributed by atoms with Crippen molar-refractivity contribution in [2.45, 2.75) is 33.7 Å². The molecule has 0 aliphatic rings. The Morgan fingerprint density at radius 2 is 1.85 bits per heavy atom. The molecule has 3 heteroatoms. The van der Waals surface area contributed by atoms with Gasteiger partial charge >= 0.3 is 0 Å². The molecule has 0 unspecified atom stereocenters. The molecule has 13 heavy (non-hydrogen) atoms. The van der Waals surface area contributed by atoms with E-state index in [2.05, 4.69) is 0 Å². The summed E-state index contributed by atoms with van der Waals surface area (Å²) < 4.78 is 4.96. The molecule has 0 aromatic heterocycles. The van der Waals surface area contributed by atoms with Crippen molar-refractivity contribution >= 4 is 5.91 Å². The van der Waals surface area contributed by atoms with Crippen LogP contribution in [0.5, 0.6) is 0 Å². The molecular weight excluding hydrogens is 166 g/mol. The Morgan fingerprint density at radius 3 is 2.15 bits per heavy atom. The highest BCUT2D eigenvalue weighted by atomic mass is 16.5. The van der Waals surface area contributed by atoms with Crippen LogP contribution < -0.4 is 0 Å². The molecule has 0 saturated heterocycles. The summed E-state index contributed by atoms with van der Waals surface area (Å²) in [4.78, 5) is 13.5. The first kappa shape index (κ1) is 12.4. The second-order valence-corrected chi connectivity index (χ2v) is 3.77. The number of rotatable bonds is 5. The third kappa shape index (κ3) is 4.27. The van der Waals surface area contributed by atoms with Crippen molar-refractivity contribution in [3.63, 3.8) is 0 Å². The van der Waals surface area contributed by atoms with E-state index in [0.717, 1.165) is 0 Å². The first-order valence-corrected chi connectivity index (χ1v) is 4.80. The lowest BCUT2D eigenvalue weighted by atomic mass is 10.1. The SMILES string of the molecule is COCCN(C(=O)C(C)C)C(C)C. The van der Waals surface area contributed by atoms with Crippen molar-refractivity contribution in [1.29, 1.82) is 0 Å². The van der Waals surface area contributed by atoms with E-state index < -0.39 is 0 Å². The van der Waals surface area contributed by atoms with E-state index in [0.29, 0.717) is 13.2 Å². The lowest BCUT2D eigenvalue weighted by molar-refractivity contribution is -0.136. The first-order chi connectivity index (χ1) is 6.00. The molecule has 0 fully saturated rings. The van der Waals surface area contributed by atoms with Gasteiger partial charge in [0, 0.05) is 25.6 Å². The maximum atomic E-state index is 11.7. The van der Waals surface area contributed by atoms with Crippen LogP contribution in [0.2, 0.25) is 0 Å². The van der Waals surface area contributed by atoms with Crippen LogP contribution in [-0.4, -0.2) is 37.1 Å². The number of carbonyl (C=O) groups is 1. The van der Waals surface area contributed by atoms with E-state index in [1.165, 1.54) is 0 Å². The Hall–Kier alpha value is -0.570. The highest BCUT2D eigenvalue weighted by Crippen LogP contribution is 2.05. The molecule has 78 valence electrons. The maximum Gasteiger partial charge on any atom is 0.225 e. The number of hydrogen-bond acceptors (Lipinski definition) is 2. The molecule has 0 N–H and O–H groups in total. The van der Waals surface area contributed by atoms with Crippen LogP contribution >= 0.6 is 0 Å². The number of ether oxygens (including phenoxy) is 1. The normalized spacial score (nSPS) is 11.0. The zero-order chi connectivity index (χ0) is 10.4. The summed E-state index contributed by atoms with van der Waals surface area (Å²) in [5, 5.41) is 0. The molecule has 0 radical (unpaired) electrons. The monoisotopic (exact) mass is 187 g/mol. The molecule has 1 amide bonds. The molecule has 0 aliphatic heterocycles. The van der Waals surface area contributed by atoms with Gasteiger partial charge in [-0.05, 0) is 13.8 Å². The average molecular weight is 187 g/mol. The molecule has 0 atom stereocenters. The summed E-state index contributed by atoms with van der Waals surface area (Å²) in [7, 11) is 1.65. The van der Waals surface area contributed by atoms with Gasteiger partial charge in [-0.25, -0.2) is 0 Å². The quantitative estimate of drug-likeness (QED) is 0.653. The number of hydrogen-bond donors (Lipinski definition) is 0. The molecule has 0 spiro atoms. The van der Waals surface area contributed by atoms with E-state index in [1.807, 2.05) is 32.6 Å². The topological polar surface area (TPSA) is 29.5 Å². The van der Waals surface area contributed by atoms with Crippen molar-refractivity contribution in [1.82, 2.24) is 4.90 Å². The maximum absolute atomic E-state index is 11.7. The molecule has 0 rings (SSSR count). The summed E-state index contributed by atoms with van der Waals surface area (Å²) in [5.74, 6) is 0.270. The van der Waals surface area contributed by atoms with Gasteiger partial charge in [-0.3, -0.25) is 4.79 Å². The minimum absolute atomic E-state index is 0.0688. The van der Waals surface area contributed by atoms with Crippen molar-refractivity contribution in [3.05, 3.63) is 0 Å². The van der Waals surface area contributed by atoms with Crippen LogP contribution in [0, 0.1) is 5.92 Å². The number of carbonyl (C=O) groups excluding carboxylic acids is 1. The van der Waals surface area contributed by atoms with Gasteiger partial charge < -0.3 is 9.64 Å². The Morgan fingerprint density at radius 1 is 1.31 bits per heavy atom. The molecule has 0 aromatic carbocycles. The van der Waals surface area contributed by atoms with Gasteiger partial charge in [0.2, 0.25) is 5.91 Å². The fourth-order valence-corrected chi connectivity index (χ4v) is 1.14. The minimum Gasteiger partial charge on any atom is -0.383 e. The molecule has 0 aromatic rings. The number of nitrogens with zero attached hydrogens (tertiary/aromatic N) is 1. The second kappa shape index (κ2) is 5.97. The van der Waals surface area contributed by atoms with Gasteiger partial charge in [-0.15, -0.1) is 0 Å². The lowest BCUT2D eigenvalue weighted by Gasteiger charge is -2.28. The molecule has 3 nitrogen and oxygen atoms in total. The summed E-state index contributed by atoms with van der Waals surface area (Å²) >= 11 is 0. The molecule has 0 bridgehead atoms. The Bertz CT molecular complexity index is 155. The molecule has 0 aliphatic carbocycles. The average Bonchev–Trinajstić information content (AvgIpc) is 2.04. The standard InChI is InChI=1S/C10H21NO2/c1-8(2)10(12)11(9(3)4)6-7-13-5/h8-9H,6-7H2,1-5H3. The summed E-state index contributed by atoms with van der Waals surface area (Å²) in [6, 6.07) is 0.255. The van der Waals surface area contributed by atoms with Gasteiger partial charge in [0.1, 0.15) is 0 Å². The van der Waals surface area contributed by atoms with Crippen LogP contribution in [0.1, 0.15) is 27.7 Å². The minimum atomic E-state index is 0.0688. The highest BCUT2D eigenvalue weighted by molar-refractivity contribution is 5.78. The lowest BCUT2D eigenvalue weighted by Crippen LogP contribution is -2.41. The van der Waals surface area contributed by atoms with Crippen LogP contribution in [0.3, 0.4) is 0 Å². The van der Waals surface area contributed by atoms with E-state index in [4.69, 9.17) is 4.74 Å². The van der Waals surface area contributed by atoms with E-state index in [-0.39, 0.29) is 17.9 Å². The molecular formula is C10H21NO2. The fraction of sp³-hybridized carbons (Fsp3) is 0.900. The van der Waals surface area contributed by atoms with Crippen molar-refractivity contribution in [2.24, 2.45) is 5.92 Å². The molecule has 0 heterocycles. The number of amides is 1. The van der Waals surface area contributed by atoms with E-state index >= 15 is 0 Å². The third-order valence-electron chi connectivity index (χ3n) is 1.94. The van der Waals surface area contributed by atoms with Crippen LogP contribution in [-0.2, 0) is 9.53 Å². The fourth-order valence-electron chi connectivity index (χ4n) is 1.14. The van der Waals surface area contributed by atoms with Crippen molar-refractivity contribution in [3.8, 4) is 0 Å². The van der Waals surface area contributed by atoms with Crippen molar-refractivity contribution in [2.75, 3.05) is 20.3 Å². The number of methoxy groups -OCH3 is 1. The Balaban J connectivity index is 4.16. The Labute approximate surface area is 81.1 Å². The van der Waals surface area contributed by atoms with Gasteiger partial charge in [0.15, 0.2) is 0 Å². The van der Waals surface area contributed by atoms with Crippen LogP contribution in [0.15, 0.2) is 0 Å². The van der Waals surface area contributed by atoms with Crippen molar-refractivity contribution < 1.29 is 9.53 Å². The summed E-state index contributed by atoms with van der Waals surface area (Å²) in [6.07, 6.45) is 0. The third-order valence-corrected chi connectivity index (χ3v) is 1.94. The summed E-state index contributed by atoms with van der Waals surface area (Å²) in [5.41, 5.74) is 0. The van der Waals surface area contributed by atoms with E-state index in [9.17, 15) is 4.79 Å². The smallest absolute Gasteiger partial charge is 0.225 e. The first-order valence-electron chi connectivity index (χ1n) is 4.80. The van der Waals surface area contributed by atoms with Gasteiger partial charge in [0.25, 0.3) is 0 Å². The van der Waals surface area contributed by atoms with Crippen LogP contribution in [0.4, 0.5) is 0 Å². The summed E-state index contributed by atoms with van der Waals surface area (Å²) in [6.45, 7) is 9.18. The highest BCUT2D eigenvalue weighted by Gasteiger charge is 2.18.